The minimum absolute atomic E-state index is 0. The first-order valence-electron chi connectivity index (χ1n) is 5.35. The fraction of sp³-hybridized carbons (Fsp3) is 0.0714. The molecule has 2 rings (SSSR count). The smallest absolute Gasteiger partial charge is 1.00 e. The molecule has 0 atom stereocenters. The van der Waals surface area contributed by atoms with E-state index in [1.165, 1.54) is 0 Å². The van der Waals surface area contributed by atoms with Gasteiger partial charge in [-0.05, 0) is 17.2 Å². The molecule has 3 nitrogen and oxygen atoms in total. The predicted molar refractivity (Wildman–Crippen MR) is 73.2 cm³/mol. The molecule has 0 aliphatic carbocycles. The summed E-state index contributed by atoms with van der Waals surface area (Å²) in [6.07, 6.45) is -1.96. The van der Waals surface area contributed by atoms with E-state index < -0.39 is 12.1 Å². The van der Waals surface area contributed by atoms with E-state index in [9.17, 15) is 4.79 Å². The minimum atomic E-state index is -1.96. The van der Waals surface area contributed by atoms with E-state index in [0.717, 1.165) is 15.6 Å². The van der Waals surface area contributed by atoms with Crippen molar-refractivity contribution in [1.82, 2.24) is 0 Å². The van der Waals surface area contributed by atoms with Crippen LogP contribution in [0.3, 0.4) is 0 Å². The van der Waals surface area contributed by atoms with Gasteiger partial charge in [0.1, 0.15) is 0 Å². The third-order valence-electron chi connectivity index (χ3n) is 2.59. The average Bonchev–Trinajstić information content (AvgIpc) is 2.38. The molecule has 0 heterocycles. The summed E-state index contributed by atoms with van der Waals surface area (Å²) in [5.41, 5.74) is 2.24. The number of carbonyl (C=O) groups is 1. The van der Waals surface area contributed by atoms with Crippen LogP contribution < -0.4 is 29.6 Å². The quantitative estimate of drug-likeness (QED) is 0.462. The summed E-state index contributed by atoms with van der Waals surface area (Å²) >= 11 is 3.46. The van der Waals surface area contributed by atoms with Crippen LogP contribution in [0.1, 0.15) is 11.8 Å². The second-order valence-electron chi connectivity index (χ2n) is 3.80. The van der Waals surface area contributed by atoms with Gasteiger partial charge in [0.15, 0.2) is 0 Å². The van der Waals surface area contributed by atoms with Crippen molar-refractivity contribution in [3.8, 4) is 11.1 Å². The number of halogens is 1. The van der Waals surface area contributed by atoms with Crippen molar-refractivity contribution >= 4 is 21.7 Å². The summed E-state index contributed by atoms with van der Waals surface area (Å²) in [6, 6.07) is 14.5. The molecule has 2 aromatic carbocycles. The van der Waals surface area contributed by atoms with Crippen LogP contribution in [0.15, 0.2) is 53.0 Å². The molecule has 2 N–H and O–H groups in total. The number of benzene rings is 2. The van der Waals surface area contributed by atoms with E-state index in [-0.39, 0.29) is 36.5 Å². The molecule has 0 aliphatic rings. The Morgan fingerprint density at radius 3 is 2.16 bits per heavy atom. The van der Waals surface area contributed by atoms with E-state index >= 15 is 0 Å². The van der Waals surface area contributed by atoms with Gasteiger partial charge in [-0.15, -0.1) is 0 Å². The third-order valence-corrected chi connectivity index (χ3v) is 3.28. The molecule has 0 saturated carbocycles. The number of hydrogen-bond acceptors (Lipinski definition) is 3. The first-order valence-corrected chi connectivity index (χ1v) is 6.14. The van der Waals surface area contributed by atoms with Crippen molar-refractivity contribution in [1.29, 1.82) is 0 Å². The summed E-state index contributed by atoms with van der Waals surface area (Å²) in [4.78, 5) is 11.3. The van der Waals surface area contributed by atoms with Crippen LogP contribution in [0.25, 0.3) is 11.1 Å². The molecule has 2 aromatic rings. The maximum Gasteiger partial charge on any atom is 1.00 e. The largest absolute Gasteiger partial charge is 1.00 e. The molecule has 0 amide bonds. The first-order chi connectivity index (χ1) is 8.59. The molecule has 0 spiro atoms. The van der Waals surface area contributed by atoms with Crippen LogP contribution in [0.2, 0.25) is 0 Å². The molecule has 0 aliphatic heterocycles. The topological polar surface area (TPSA) is 57.5 Å². The van der Waals surface area contributed by atoms with Gasteiger partial charge in [0.2, 0.25) is 12.1 Å². The molecular formula is C14H12BrNaO3. The molecular weight excluding hydrogens is 319 g/mol. The zero-order valence-electron chi connectivity index (χ0n) is 11.4. The molecule has 0 saturated heterocycles. The van der Waals surface area contributed by atoms with Crippen molar-refractivity contribution < 1.29 is 46.0 Å². The Bertz CT molecular complexity index is 573. The normalized spacial score (nSPS) is 10.1. The van der Waals surface area contributed by atoms with Gasteiger partial charge in [0, 0.05) is 10.0 Å². The van der Waals surface area contributed by atoms with Crippen molar-refractivity contribution in [3.05, 3.63) is 58.6 Å². The Hall–Kier alpha value is -0.490. The van der Waals surface area contributed by atoms with Crippen molar-refractivity contribution in [3.63, 3.8) is 0 Å². The van der Waals surface area contributed by atoms with Gasteiger partial charge in [0.05, 0.1) is 0 Å². The van der Waals surface area contributed by atoms with Crippen LogP contribution in [0, 0.1) is 0 Å². The summed E-state index contributed by atoms with van der Waals surface area (Å²) in [5.74, 6) is -0.700. The monoisotopic (exact) mass is 330 g/mol. The molecule has 94 valence electrons. The van der Waals surface area contributed by atoms with Crippen LogP contribution in [0.4, 0.5) is 0 Å². The van der Waals surface area contributed by atoms with Crippen LogP contribution in [-0.2, 0) is 0 Å². The summed E-state index contributed by atoms with van der Waals surface area (Å²) in [5, 5.41) is 17.6. The minimum Gasteiger partial charge on any atom is -1.00 e. The average molecular weight is 331 g/mol. The number of rotatable bonds is 3. The predicted octanol–water partition coefficient (Wildman–Crippen LogP) is -0.274. The zero-order valence-corrected chi connectivity index (χ0v) is 14.0. The van der Waals surface area contributed by atoms with Crippen molar-refractivity contribution in [2.45, 2.75) is 6.29 Å². The number of hydrogen-bond donors (Lipinski definition) is 2. The van der Waals surface area contributed by atoms with E-state index in [1.807, 2.05) is 24.3 Å². The maximum atomic E-state index is 11.3. The Labute approximate surface area is 143 Å². The van der Waals surface area contributed by atoms with E-state index in [0.29, 0.717) is 0 Å². The standard InChI is InChI=1S/C14H11BrO3.Na.H/c15-12-4-2-1-3-11(12)9-5-7-10(8-6-9)13(16)14(17)18;;/h1-8,14,17-18H;;/q;+1;-1. The number of aliphatic hydroxyl groups excluding tert-OH is 1. The first kappa shape index (κ1) is 16.6. The fourth-order valence-corrected chi connectivity index (χ4v) is 2.17. The Morgan fingerprint density at radius 2 is 1.63 bits per heavy atom. The summed E-state index contributed by atoms with van der Waals surface area (Å²) in [6.45, 7) is 0. The van der Waals surface area contributed by atoms with Crippen LogP contribution >= 0.6 is 15.9 Å². The van der Waals surface area contributed by atoms with Gasteiger partial charge in [-0.2, -0.15) is 0 Å². The Kier molecular flexibility index (Phi) is 6.39. The van der Waals surface area contributed by atoms with E-state index in [2.05, 4.69) is 15.9 Å². The maximum absolute atomic E-state index is 11.3. The molecule has 19 heavy (non-hydrogen) atoms. The number of carbonyl (C=O) groups excluding carboxylic acids is 1. The SMILES string of the molecule is O=C(c1ccc(-c2ccccc2Br)cc1)C(O)O.[H-].[Na+]. The zero-order chi connectivity index (χ0) is 13.1. The fourth-order valence-electron chi connectivity index (χ4n) is 1.66. The van der Waals surface area contributed by atoms with Crippen molar-refractivity contribution in [2.75, 3.05) is 0 Å². The molecule has 0 radical (unpaired) electrons. The number of Topliss-reactive ketones (excluding diaryl/α,β-unsaturated/α-hetero) is 1. The number of aliphatic hydroxyl groups is 2. The van der Waals surface area contributed by atoms with Gasteiger partial charge < -0.3 is 11.6 Å². The van der Waals surface area contributed by atoms with Gasteiger partial charge in [-0.3, -0.25) is 4.79 Å². The Balaban J connectivity index is 0.00000180. The van der Waals surface area contributed by atoms with Gasteiger partial charge in [-0.1, -0.05) is 58.4 Å². The van der Waals surface area contributed by atoms with Gasteiger partial charge >= 0.3 is 29.6 Å². The van der Waals surface area contributed by atoms with Crippen LogP contribution in [-0.4, -0.2) is 22.3 Å². The molecule has 0 aromatic heterocycles. The number of ketones is 1. The second-order valence-corrected chi connectivity index (χ2v) is 4.65. The van der Waals surface area contributed by atoms with E-state index in [4.69, 9.17) is 10.2 Å². The second kappa shape index (κ2) is 7.33. The van der Waals surface area contributed by atoms with Crippen molar-refractivity contribution in [2.24, 2.45) is 0 Å². The van der Waals surface area contributed by atoms with Gasteiger partial charge in [-0.25, -0.2) is 0 Å². The summed E-state index contributed by atoms with van der Waals surface area (Å²) in [7, 11) is 0. The van der Waals surface area contributed by atoms with Crippen LogP contribution in [0.5, 0.6) is 0 Å². The Morgan fingerprint density at radius 1 is 1.05 bits per heavy atom. The summed E-state index contributed by atoms with van der Waals surface area (Å²) < 4.78 is 0.964. The molecule has 0 fully saturated rings. The molecule has 5 heteroatoms. The van der Waals surface area contributed by atoms with Gasteiger partial charge in [0.25, 0.3) is 0 Å². The molecule has 0 bridgehead atoms. The third kappa shape index (κ3) is 3.99. The molecule has 0 unspecified atom stereocenters. The van der Waals surface area contributed by atoms with E-state index in [1.54, 1.807) is 24.3 Å².